The molecule has 0 aliphatic carbocycles. The summed E-state index contributed by atoms with van der Waals surface area (Å²) in [5, 5.41) is 10.5. The maximum Gasteiger partial charge on any atom is 0.337 e. The van der Waals surface area contributed by atoms with Crippen molar-refractivity contribution in [2.45, 2.75) is 12.8 Å². The van der Waals surface area contributed by atoms with Crippen molar-refractivity contribution in [3.8, 4) is 11.8 Å². The number of nitrogens with two attached hydrogens (primary N) is 1. The van der Waals surface area contributed by atoms with Crippen LogP contribution in [0.1, 0.15) is 39.3 Å². The van der Waals surface area contributed by atoms with Crippen molar-refractivity contribution in [3.05, 3.63) is 76.8 Å². The van der Waals surface area contributed by atoms with E-state index in [1.807, 2.05) is 24.3 Å². The van der Waals surface area contributed by atoms with Crippen molar-refractivity contribution in [1.29, 1.82) is 5.26 Å². The number of fused-ring (bicyclic) bond motifs is 3. The fraction of sp³-hybridized carbons (Fsp3) is 0.136. The van der Waals surface area contributed by atoms with Crippen molar-refractivity contribution >= 4 is 22.8 Å². The number of rotatable bonds is 2. The highest BCUT2D eigenvalue weighted by molar-refractivity contribution is 5.98. The van der Waals surface area contributed by atoms with E-state index in [0.717, 1.165) is 5.39 Å². The number of carbonyl (C=O) groups excluding carboxylic acids is 2. The quantitative estimate of drug-likeness (QED) is 0.676. The van der Waals surface area contributed by atoms with Crippen LogP contribution in [0.15, 0.2) is 60.0 Å². The largest absolute Gasteiger partial charge is 0.465 e. The van der Waals surface area contributed by atoms with Crippen molar-refractivity contribution < 1.29 is 19.1 Å². The molecule has 0 spiro atoms. The van der Waals surface area contributed by atoms with Gasteiger partial charge in [-0.3, -0.25) is 9.36 Å². The van der Waals surface area contributed by atoms with E-state index < -0.39 is 11.9 Å². The monoisotopic (exact) mass is 387 g/mol. The number of para-hydroxylation sites is 1. The molecule has 0 bridgehead atoms. The number of hydrogen-bond acceptors (Lipinski definition) is 6. The zero-order valence-corrected chi connectivity index (χ0v) is 15.8. The minimum Gasteiger partial charge on any atom is -0.465 e. The van der Waals surface area contributed by atoms with Crippen LogP contribution in [0.2, 0.25) is 0 Å². The van der Waals surface area contributed by atoms with Crippen LogP contribution in [0.3, 0.4) is 0 Å². The van der Waals surface area contributed by atoms with Crippen LogP contribution < -0.4 is 10.5 Å². The summed E-state index contributed by atoms with van der Waals surface area (Å²) in [4.78, 5) is 24.3. The summed E-state index contributed by atoms with van der Waals surface area (Å²) >= 11 is 0. The molecule has 29 heavy (non-hydrogen) atoms. The van der Waals surface area contributed by atoms with Crippen molar-refractivity contribution in [2.24, 2.45) is 5.73 Å². The topological polar surface area (TPSA) is 107 Å². The molecule has 7 heteroatoms. The number of aromatic nitrogens is 1. The second-order valence-electron chi connectivity index (χ2n) is 6.62. The first kappa shape index (κ1) is 18.3. The molecule has 1 aromatic heterocycles. The Kier molecular flexibility index (Phi) is 4.32. The number of ether oxygens (including phenoxy) is 2. The van der Waals surface area contributed by atoms with E-state index in [1.54, 1.807) is 28.8 Å². The van der Waals surface area contributed by atoms with E-state index in [0.29, 0.717) is 28.1 Å². The van der Waals surface area contributed by atoms with E-state index in [2.05, 4.69) is 6.07 Å². The van der Waals surface area contributed by atoms with Gasteiger partial charge in [0.1, 0.15) is 11.6 Å². The van der Waals surface area contributed by atoms with E-state index in [1.165, 1.54) is 14.0 Å². The minimum absolute atomic E-state index is 0.00602. The minimum atomic E-state index is -0.619. The molecule has 1 aliphatic rings. The Morgan fingerprint density at radius 1 is 1.17 bits per heavy atom. The van der Waals surface area contributed by atoms with Crippen LogP contribution >= 0.6 is 0 Å². The molecule has 2 N–H and O–H groups in total. The molecule has 0 radical (unpaired) electrons. The Morgan fingerprint density at radius 2 is 1.86 bits per heavy atom. The number of esters is 1. The number of allylic oxidation sites excluding steroid dienone is 1. The predicted octanol–water partition coefficient (Wildman–Crippen LogP) is 3.31. The predicted molar refractivity (Wildman–Crippen MR) is 105 cm³/mol. The molecule has 0 unspecified atom stereocenters. The summed E-state index contributed by atoms with van der Waals surface area (Å²) < 4.78 is 12.1. The van der Waals surface area contributed by atoms with Gasteiger partial charge >= 0.3 is 5.97 Å². The normalized spacial score (nSPS) is 15.4. The highest BCUT2D eigenvalue weighted by Crippen LogP contribution is 2.47. The third-order valence-corrected chi connectivity index (χ3v) is 5.00. The van der Waals surface area contributed by atoms with Crippen molar-refractivity contribution in [1.82, 2.24) is 4.57 Å². The molecule has 1 aliphatic heterocycles. The van der Waals surface area contributed by atoms with E-state index in [4.69, 9.17) is 15.2 Å². The summed E-state index contributed by atoms with van der Waals surface area (Å²) in [5.41, 5.74) is 8.57. The third kappa shape index (κ3) is 2.74. The highest BCUT2D eigenvalue weighted by Gasteiger charge is 2.36. The van der Waals surface area contributed by atoms with Gasteiger partial charge < -0.3 is 15.2 Å². The molecule has 0 fully saturated rings. The van der Waals surface area contributed by atoms with E-state index >= 15 is 0 Å². The Labute approximate surface area is 166 Å². The summed E-state index contributed by atoms with van der Waals surface area (Å²) in [6.45, 7) is 1.46. The lowest BCUT2D eigenvalue weighted by Gasteiger charge is -2.25. The van der Waals surface area contributed by atoms with Gasteiger partial charge in [0.25, 0.3) is 0 Å². The number of carbonyl (C=O) groups is 2. The zero-order valence-electron chi connectivity index (χ0n) is 15.8. The maximum atomic E-state index is 12.5. The number of nitrogens with zero attached hydrogens (tertiary/aromatic N) is 2. The Balaban J connectivity index is 2.00. The Bertz CT molecular complexity index is 1230. The molecule has 0 amide bonds. The first-order valence-electron chi connectivity index (χ1n) is 8.88. The second-order valence-corrected chi connectivity index (χ2v) is 6.62. The summed E-state index contributed by atoms with van der Waals surface area (Å²) in [7, 11) is 1.31. The van der Waals surface area contributed by atoms with Gasteiger partial charge in [-0.15, -0.1) is 0 Å². The van der Waals surface area contributed by atoms with Gasteiger partial charge in [-0.25, -0.2) is 4.79 Å². The smallest absolute Gasteiger partial charge is 0.337 e. The fourth-order valence-electron chi connectivity index (χ4n) is 3.75. The molecule has 144 valence electrons. The standard InChI is InChI=1S/C22H17N3O4/c1-12(26)25-17-6-4-3-5-15(17)20-19(25)18(16(11-23)21(24)29-20)13-7-9-14(10-8-13)22(27)28-2/h3-10,18H,24H2,1-2H3/t18-/m0/s1. The van der Waals surface area contributed by atoms with Crippen LogP contribution in [0, 0.1) is 11.3 Å². The zero-order chi connectivity index (χ0) is 20.7. The Morgan fingerprint density at radius 3 is 2.48 bits per heavy atom. The molecule has 0 saturated heterocycles. The molecular weight excluding hydrogens is 370 g/mol. The molecule has 0 saturated carbocycles. The number of methoxy groups -OCH3 is 1. The SMILES string of the molecule is COC(=O)c1ccc([C@H]2C(C#N)=C(N)Oc3c2n(C(C)=O)c2ccccc32)cc1. The van der Waals surface area contributed by atoms with Gasteiger partial charge in [0.15, 0.2) is 5.75 Å². The number of hydrogen-bond donors (Lipinski definition) is 1. The summed E-state index contributed by atoms with van der Waals surface area (Å²) in [6.07, 6.45) is 0. The second kappa shape index (κ2) is 6.84. The molecule has 7 nitrogen and oxygen atoms in total. The lowest BCUT2D eigenvalue weighted by molar-refractivity contribution is 0.0600. The van der Waals surface area contributed by atoms with E-state index in [-0.39, 0.29) is 17.4 Å². The van der Waals surface area contributed by atoms with Gasteiger partial charge in [-0.1, -0.05) is 24.3 Å². The van der Waals surface area contributed by atoms with Crippen LogP contribution in [-0.2, 0) is 4.74 Å². The highest BCUT2D eigenvalue weighted by atomic mass is 16.5. The van der Waals surface area contributed by atoms with Gasteiger partial charge in [0.05, 0.1) is 29.8 Å². The first-order valence-corrected chi connectivity index (χ1v) is 8.88. The van der Waals surface area contributed by atoms with Gasteiger partial charge in [0.2, 0.25) is 11.8 Å². The molecule has 1 atom stereocenters. The third-order valence-electron chi connectivity index (χ3n) is 5.00. The number of benzene rings is 2. The first-order chi connectivity index (χ1) is 14.0. The molecule has 2 heterocycles. The average molecular weight is 387 g/mol. The fourth-order valence-corrected chi connectivity index (χ4v) is 3.75. The maximum absolute atomic E-state index is 12.5. The molecule has 3 aromatic rings. The van der Waals surface area contributed by atoms with Crippen molar-refractivity contribution in [3.63, 3.8) is 0 Å². The lowest BCUT2D eigenvalue weighted by atomic mass is 9.86. The van der Waals surface area contributed by atoms with Gasteiger partial charge in [-0.05, 0) is 29.8 Å². The molecular formula is C22H17N3O4. The molecule has 4 rings (SSSR count). The van der Waals surface area contributed by atoms with Crippen LogP contribution in [0.25, 0.3) is 10.9 Å². The number of nitriles is 1. The van der Waals surface area contributed by atoms with Crippen LogP contribution in [0.4, 0.5) is 0 Å². The summed E-state index contributed by atoms with van der Waals surface area (Å²) in [6, 6.07) is 16.1. The summed E-state index contributed by atoms with van der Waals surface area (Å²) in [5.74, 6) is -0.841. The van der Waals surface area contributed by atoms with E-state index in [9.17, 15) is 14.9 Å². The van der Waals surface area contributed by atoms with Crippen LogP contribution in [0.5, 0.6) is 5.75 Å². The molecule has 2 aromatic carbocycles. The van der Waals surface area contributed by atoms with Gasteiger partial charge in [-0.2, -0.15) is 5.26 Å². The lowest BCUT2D eigenvalue weighted by Crippen LogP contribution is -2.24. The van der Waals surface area contributed by atoms with Crippen LogP contribution in [-0.4, -0.2) is 23.6 Å². The van der Waals surface area contributed by atoms with Gasteiger partial charge in [0, 0.05) is 12.3 Å². The average Bonchev–Trinajstić information content (AvgIpc) is 3.06. The Hall–Kier alpha value is -4.05. The van der Waals surface area contributed by atoms with Crippen molar-refractivity contribution in [2.75, 3.05) is 7.11 Å².